The van der Waals surface area contributed by atoms with Gasteiger partial charge < -0.3 is 49.1 Å². The molecule has 1 rings (SSSR count). The van der Waals surface area contributed by atoms with Gasteiger partial charge in [-0.1, -0.05) is 30.3 Å². The summed E-state index contributed by atoms with van der Waals surface area (Å²) in [6.45, 7) is 0.635. The van der Waals surface area contributed by atoms with Crippen LogP contribution in [0.2, 0.25) is 0 Å². The van der Waals surface area contributed by atoms with Crippen LogP contribution in [-0.2, 0) is 35.2 Å². The molecule has 1 radical (unpaired) electrons. The summed E-state index contributed by atoms with van der Waals surface area (Å²) in [6.07, 6.45) is 5.75. The number of benzene rings is 1. The van der Waals surface area contributed by atoms with Crippen molar-refractivity contribution in [1.82, 2.24) is 31.9 Å². The average Bonchev–Trinajstić information content (AvgIpc) is 3.08. The second-order valence-electron chi connectivity index (χ2n) is 11.4. The summed E-state index contributed by atoms with van der Waals surface area (Å²) >= 11 is 1.44. The molecule has 273 valence electrons. The normalized spacial score (nSPS) is 13.9. The van der Waals surface area contributed by atoms with Crippen molar-refractivity contribution in [3.8, 4) is 0 Å². The highest BCUT2D eigenvalue weighted by Crippen LogP contribution is 2.09. The number of hydrogen-bond acceptors (Lipinski definition) is 10. The Morgan fingerprint density at radius 1 is 0.796 bits per heavy atom. The smallest absolute Gasteiger partial charge is 0.243 e. The molecule has 17 heteroatoms. The van der Waals surface area contributed by atoms with Crippen molar-refractivity contribution in [1.29, 1.82) is 5.41 Å². The number of hydrogen-bond donors (Lipinski definition) is 10. The lowest BCUT2D eigenvalue weighted by Crippen LogP contribution is -2.58. The fraction of sp³-hybridized carbons (Fsp3) is 0.594. The molecule has 1 aromatic carbocycles. The number of likely N-dealkylation sites (N-methyl/N-ethyl adjacent to an activating group) is 1. The molecule has 13 N–H and O–H groups in total. The van der Waals surface area contributed by atoms with Crippen LogP contribution < -0.4 is 49.1 Å². The fourth-order valence-electron chi connectivity index (χ4n) is 4.78. The molecular formula is C32H53N10O6S. The van der Waals surface area contributed by atoms with Crippen molar-refractivity contribution < 1.29 is 28.8 Å². The third kappa shape index (κ3) is 18.2. The average molecular weight is 706 g/mol. The van der Waals surface area contributed by atoms with Gasteiger partial charge in [-0.2, -0.15) is 11.8 Å². The van der Waals surface area contributed by atoms with Crippen LogP contribution in [0.4, 0.5) is 0 Å². The minimum atomic E-state index is -1.13. The molecule has 0 aromatic heterocycles. The third-order valence-corrected chi connectivity index (χ3v) is 8.17. The van der Waals surface area contributed by atoms with Gasteiger partial charge in [0.15, 0.2) is 5.96 Å². The zero-order valence-corrected chi connectivity index (χ0v) is 29.2. The first kappa shape index (κ1) is 42.8. The molecular weight excluding hydrogens is 652 g/mol. The van der Waals surface area contributed by atoms with E-state index in [1.54, 1.807) is 13.3 Å². The van der Waals surface area contributed by atoms with Gasteiger partial charge >= 0.3 is 0 Å². The van der Waals surface area contributed by atoms with Gasteiger partial charge in [-0.05, 0) is 82.5 Å². The van der Waals surface area contributed by atoms with E-state index < -0.39 is 59.7 Å². The maximum atomic E-state index is 13.7. The van der Waals surface area contributed by atoms with Crippen LogP contribution in [-0.4, -0.2) is 104 Å². The van der Waals surface area contributed by atoms with E-state index in [9.17, 15) is 28.8 Å². The molecule has 0 aliphatic rings. The van der Waals surface area contributed by atoms with E-state index in [4.69, 9.17) is 22.6 Å². The van der Waals surface area contributed by atoms with Gasteiger partial charge in [0.05, 0.1) is 12.1 Å². The molecule has 5 atom stereocenters. The summed E-state index contributed by atoms with van der Waals surface area (Å²) in [6, 6.07) is 4.50. The van der Waals surface area contributed by atoms with Crippen LogP contribution in [0.5, 0.6) is 0 Å². The van der Waals surface area contributed by atoms with Crippen LogP contribution in [0.1, 0.15) is 56.9 Å². The molecule has 16 nitrogen and oxygen atoms in total. The summed E-state index contributed by atoms with van der Waals surface area (Å²) in [4.78, 5) is 76.5. The quantitative estimate of drug-likeness (QED) is 0.0294. The van der Waals surface area contributed by atoms with Crippen LogP contribution in [0.25, 0.3) is 0 Å². The highest BCUT2D eigenvalue weighted by molar-refractivity contribution is 7.98. The number of guanidine groups is 1. The first-order valence-corrected chi connectivity index (χ1v) is 17.7. The van der Waals surface area contributed by atoms with Gasteiger partial charge in [0.25, 0.3) is 0 Å². The number of rotatable bonds is 26. The minimum absolute atomic E-state index is 0.0490. The molecule has 0 heterocycles. The first-order chi connectivity index (χ1) is 23.4. The van der Waals surface area contributed by atoms with Gasteiger partial charge in [0.2, 0.25) is 35.8 Å². The fourth-order valence-corrected chi connectivity index (χ4v) is 5.25. The molecule has 0 aliphatic heterocycles. The van der Waals surface area contributed by atoms with Crippen molar-refractivity contribution in [2.45, 2.75) is 88.0 Å². The number of unbranched alkanes of at least 4 members (excludes halogenated alkanes) is 1. The number of primary amides is 1. The summed E-state index contributed by atoms with van der Waals surface area (Å²) in [7, 11) is 1.66. The van der Waals surface area contributed by atoms with Gasteiger partial charge in [0.1, 0.15) is 18.1 Å². The second-order valence-corrected chi connectivity index (χ2v) is 12.4. The Labute approximate surface area is 292 Å². The zero-order valence-electron chi connectivity index (χ0n) is 28.3. The maximum Gasteiger partial charge on any atom is 0.243 e. The highest BCUT2D eigenvalue weighted by atomic mass is 32.2. The molecule has 5 amide bonds. The number of amides is 5. The molecule has 49 heavy (non-hydrogen) atoms. The molecule has 0 aliphatic carbocycles. The summed E-state index contributed by atoms with van der Waals surface area (Å²) in [5.41, 5.74) is 17.2. The SMILES string of the molecule is CN[C@@H](Cc1ccccc1)C(=O)N[C@@H](CCCCN)C(=O)N[C@@H](CCCNC(=N)N)C(=O)N[C@@H](CCSC)C(=O)N[C@H]([C]=O)CCC(N)=O. The number of thioether (sulfide) groups is 1. The molecule has 0 saturated carbocycles. The minimum Gasteiger partial charge on any atom is -0.370 e. The molecule has 0 spiro atoms. The summed E-state index contributed by atoms with van der Waals surface area (Å²) < 4.78 is 0. The second kappa shape index (κ2) is 24.9. The van der Waals surface area contributed by atoms with E-state index in [2.05, 4.69) is 31.9 Å². The predicted molar refractivity (Wildman–Crippen MR) is 190 cm³/mol. The van der Waals surface area contributed by atoms with Crippen molar-refractivity contribution in [2.24, 2.45) is 17.2 Å². The monoisotopic (exact) mass is 705 g/mol. The van der Waals surface area contributed by atoms with Crippen LogP contribution in [0.3, 0.4) is 0 Å². The Hall–Kier alpha value is -4.22. The van der Waals surface area contributed by atoms with Gasteiger partial charge in [-0.15, -0.1) is 0 Å². The van der Waals surface area contributed by atoms with Crippen molar-refractivity contribution in [3.05, 3.63) is 35.9 Å². The Morgan fingerprint density at radius 3 is 1.86 bits per heavy atom. The van der Waals surface area contributed by atoms with Crippen molar-refractivity contribution in [3.63, 3.8) is 0 Å². The number of carbonyl (C=O) groups excluding carboxylic acids is 6. The van der Waals surface area contributed by atoms with E-state index in [1.807, 2.05) is 36.6 Å². The lowest BCUT2D eigenvalue weighted by Gasteiger charge is -2.27. The van der Waals surface area contributed by atoms with E-state index in [-0.39, 0.29) is 44.6 Å². The third-order valence-electron chi connectivity index (χ3n) is 7.53. The van der Waals surface area contributed by atoms with Crippen LogP contribution in [0.15, 0.2) is 30.3 Å². The lowest BCUT2D eigenvalue weighted by atomic mass is 10.0. The topological polar surface area (TPSA) is 277 Å². The molecule has 0 fully saturated rings. The Bertz CT molecular complexity index is 1210. The van der Waals surface area contributed by atoms with E-state index in [0.717, 1.165) is 5.56 Å². The lowest BCUT2D eigenvalue weighted by molar-refractivity contribution is -0.134. The first-order valence-electron chi connectivity index (χ1n) is 16.3. The van der Waals surface area contributed by atoms with Gasteiger partial charge in [-0.3, -0.25) is 34.2 Å². The van der Waals surface area contributed by atoms with Crippen LogP contribution >= 0.6 is 11.8 Å². The number of nitrogens with two attached hydrogens (primary N) is 3. The highest BCUT2D eigenvalue weighted by Gasteiger charge is 2.31. The van der Waals surface area contributed by atoms with Gasteiger partial charge in [-0.25, -0.2) is 0 Å². The largest absolute Gasteiger partial charge is 0.370 e. The Morgan fingerprint density at radius 2 is 1.35 bits per heavy atom. The summed E-state index contributed by atoms with van der Waals surface area (Å²) in [5, 5.41) is 23.8. The molecule has 0 saturated heterocycles. The molecule has 1 aromatic rings. The molecule has 0 bridgehead atoms. The van der Waals surface area contributed by atoms with E-state index in [0.29, 0.717) is 38.0 Å². The number of carbonyl (C=O) groups is 5. The molecule has 0 unspecified atom stereocenters. The van der Waals surface area contributed by atoms with Gasteiger partial charge in [0, 0.05) is 13.0 Å². The Balaban J connectivity index is 3.19. The number of nitrogens with one attached hydrogen (secondary N) is 7. The maximum absolute atomic E-state index is 13.7. The zero-order chi connectivity index (χ0) is 36.6. The van der Waals surface area contributed by atoms with E-state index >= 15 is 0 Å². The standard InChI is InChI=1S/C32H53N10O6S/c1-37-26(19-21-9-4-3-5-10-21)31(48)41-23(11-6-7-16-33)29(46)40-24(12-8-17-38-32(35)36)30(47)42-25(15-18-49-2)28(45)39-22(20-43)13-14-27(34)44/h3-5,9-10,22-26,37H,6-8,11-19,33H2,1-2H3,(H2,34,44)(H,39,45)(H,40,46)(H,41,48)(H,42,47)(H4,35,36,38)/t22-,23-,24-,25-,26-/m0/s1. The van der Waals surface area contributed by atoms with Crippen LogP contribution in [0, 0.1) is 5.41 Å². The predicted octanol–water partition coefficient (Wildman–Crippen LogP) is -1.72. The van der Waals surface area contributed by atoms with Crippen molar-refractivity contribution >= 4 is 53.5 Å². The van der Waals surface area contributed by atoms with Crippen molar-refractivity contribution in [2.75, 3.05) is 32.1 Å². The van der Waals surface area contributed by atoms with E-state index in [1.165, 1.54) is 11.8 Å². The summed E-state index contributed by atoms with van der Waals surface area (Å²) in [5.74, 6) is -2.72. The Kier molecular flexibility index (Phi) is 21.7.